The lowest BCUT2D eigenvalue weighted by Gasteiger charge is -2.23. The van der Waals surface area contributed by atoms with E-state index in [9.17, 15) is 28.8 Å². The molecule has 10 N–H and O–H groups in total. The zero-order chi connectivity index (χ0) is 24.4. The SMILES string of the molecule is CC(NC(=O)C(CC(=O)O)NC(=O)C(Cc1cnc[nH]1)NC(=O)C(N)CC(N)=O)C(=O)O. The van der Waals surface area contributed by atoms with Crippen LogP contribution in [0.25, 0.3) is 0 Å². The van der Waals surface area contributed by atoms with Crippen LogP contribution in [-0.4, -0.2) is 79.9 Å². The molecule has 0 aliphatic heterocycles. The maximum atomic E-state index is 12.8. The molecule has 0 aliphatic carbocycles. The first kappa shape index (κ1) is 26.0. The van der Waals surface area contributed by atoms with Gasteiger partial charge in [0.1, 0.15) is 18.1 Å². The second kappa shape index (κ2) is 12.0. The Hall–Kier alpha value is -4.01. The van der Waals surface area contributed by atoms with Crippen molar-refractivity contribution < 1.29 is 39.0 Å². The zero-order valence-electron chi connectivity index (χ0n) is 17.0. The Labute approximate surface area is 181 Å². The number of primary amides is 1. The number of H-pyrrole nitrogens is 1. The van der Waals surface area contributed by atoms with Gasteiger partial charge in [-0.15, -0.1) is 0 Å². The molecule has 1 aromatic heterocycles. The lowest BCUT2D eigenvalue weighted by Crippen LogP contribution is -2.58. The van der Waals surface area contributed by atoms with Gasteiger partial charge in [0.25, 0.3) is 0 Å². The average Bonchev–Trinajstić information content (AvgIpc) is 3.18. The van der Waals surface area contributed by atoms with E-state index in [-0.39, 0.29) is 6.42 Å². The molecule has 15 heteroatoms. The third kappa shape index (κ3) is 8.78. The summed E-state index contributed by atoms with van der Waals surface area (Å²) >= 11 is 0. The van der Waals surface area contributed by atoms with E-state index in [1.165, 1.54) is 12.5 Å². The van der Waals surface area contributed by atoms with E-state index in [1.54, 1.807) is 0 Å². The van der Waals surface area contributed by atoms with Crippen LogP contribution < -0.4 is 27.4 Å². The summed E-state index contributed by atoms with van der Waals surface area (Å²) in [5.41, 5.74) is 11.0. The first-order valence-electron chi connectivity index (χ1n) is 9.27. The minimum absolute atomic E-state index is 0.145. The van der Waals surface area contributed by atoms with Gasteiger partial charge in [-0.3, -0.25) is 28.8 Å². The van der Waals surface area contributed by atoms with Crippen LogP contribution in [-0.2, 0) is 35.2 Å². The molecule has 0 radical (unpaired) electrons. The molecule has 32 heavy (non-hydrogen) atoms. The number of nitrogens with two attached hydrogens (primary N) is 2. The molecule has 1 aromatic rings. The van der Waals surface area contributed by atoms with E-state index in [2.05, 4.69) is 25.9 Å². The number of hydrogen-bond donors (Lipinski definition) is 8. The Morgan fingerprint density at radius 2 is 1.59 bits per heavy atom. The van der Waals surface area contributed by atoms with E-state index < -0.39 is 72.6 Å². The van der Waals surface area contributed by atoms with Gasteiger partial charge in [-0.05, 0) is 6.92 Å². The third-order valence-electron chi connectivity index (χ3n) is 4.11. The normalized spacial score (nSPS) is 14.3. The quantitative estimate of drug-likeness (QED) is 0.144. The second-order valence-electron chi connectivity index (χ2n) is 6.85. The zero-order valence-corrected chi connectivity index (χ0v) is 17.0. The molecule has 0 fully saturated rings. The molecule has 0 aromatic carbocycles. The average molecular weight is 455 g/mol. The van der Waals surface area contributed by atoms with Gasteiger partial charge in [0.15, 0.2) is 0 Å². The maximum Gasteiger partial charge on any atom is 0.325 e. The Bertz CT molecular complexity index is 857. The van der Waals surface area contributed by atoms with Crippen molar-refractivity contribution in [2.75, 3.05) is 0 Å². The lowest BCUT2D eigenvalue weighted by molar-refractivity contribution is -0.143. The fourth-order valence-electron chi connectivity index (χ4n) is 2.45. The molecular weight excluding hydrogens is 430 g/mol. The maximum absolute atomic E-state index is 12.8. The smallest absolute Gasteiger partial charge is 0.325 e. The molecule has 15 nitrogen and oxygen atoms in total. The first-order chi connectivity index (χ1) is 14.9. The highest BCUT2D eigenvalue weighted by atomic mass is 16.4. The van der Waals surface area contributed by atoms with Gasteiger partial charge in [0.2, 0.25) is 23.6 Å². The molecule has 0 saturated heterocycles. The molecule has 1 heterocycles. The molecule has 0 bridgehead atoms. The van der Waals surface area contributed by atoms with Crippen molar-refractivity contribution in [3.05, 3.63) is 18.2 Å². The predicted molar refractivity (Wildman–Crippen MR) is 105 cm³/mol. The van der Waals surface area contributed by atoms with Crippen LogP contribution >= 0.6 is 0 Å². The van der Waals surface area contributed by atoms with Crippen LogP contribution in [0.4, 0.5) is 0 Å². The van der Waals surface area contributed by atoms with Crippen LogP contribution in [0.3, 0.4) is 0 Å². The molecule has 0 aliphatic rings. The van der Waals surface area contributed by atoms with Gasteiger partial charge in [-0.25, -0.2) is 4.98 Å². The van der Waals surface area contributed by atoms with E-state index in [0.717, 1.165) is 6.92 Å². The highest BCUT2D eigenvalue weighted by molar-refractivity contribution is 5.96. The summed E-state index contributed by atoms with van der Waals surface area (Å²) in [6.45, 7) is 1.15. The number of carbonyl (C=O) groups is 6. The van der Waals surface area contributed by atoms with Crippen molar-refractivity contribution in [3.8, 4) is 0 Å². The third-order valence-corrected chi connectivity index (χ3v) is 4.11. The number of imidazole rings is 1. The Morgan fingerprint density at radius 1 is 1.00 bits per heavy atom. The van der Waals surface area contributed by atoms with Crippen LogP contribution in [0, 0.1) is 0 Å². The number of carboxylic acid groups (broad SMARTS) is 2. The van der Waals surface area contributed by atoms with Crippen molar-refractivity contribution in [2.24, 2.45) is 11.5 Å². The van der Waals surface area contributed by atoms with Crippen molar-refractivity contribution in [3.63, 3.8) is 0 Å². The summed E-state index contributed by atoms with van der Waals surface area (Å²) in [5.74, 6) is -6.54. The highest BCUT2D eigenvalue weighted by Crippen LogP contribution is 2.03. The minimum Gasteiger partial charge on any atom is -0.481 e. The monoisotopic (exact) mass is 455 g/mol. The van der Waals surface area contributed by atoms with E-state index in [0.29, 0.717) is 5.69 Å². The van der Waals surface area contributed by atoms with Gasteiger partial charge in [0, 0.05) is 18.3 Å². The Balaban J connectivity index is 3.01. The molecule has 4 amide bonds. The summed E-state index contributed by atoms with van der Waals surface area (Å²) < 4.78 is 0. The van der Waals surface area contributed by atoms with Crippen LogP contribution in [0.5, 0.6) is 0 Å². The van der Waals surface area contributed by atoms with Crippen molar-refractivity contribution in [2.45, 2.75) is 50.4 Å². The number of nitrogens with zero attached hydrogens (tertiary/aromatic N) is 1. The summed E-state index contributed by atoms with van der Waals surface area (Å²) in [6, 6.07) is -5.67. The number of aromatic nitrogens is 2. The number of hydrogen-bond acceptors (Lipinski definition) is 8. The number of aliphatic carboxylic acids is 2. The number of carbonyl (C=O) groups excluding carboxylic acids is 4. The number of amides is 4. The Kier molecular flexibility index (Phi) is 9.75. The Morgan fingerprint density at radius 3 is 2.09 bits per heavy atom. The summed E-state index contributed by atoms with van der Waals surface area (Å²) in [6.07, 6.45) is 1.20. The molecule has 176 valence electrons. The molecule has 1 rings (SSSR count). The molecular formula is C17H25N7O8. The number of carboxylic acids is 2. The van der Waals surface area contributed by atoms with Gasteiger partial charge in [-0.1, -0.05) is 0 Å². The largest absolute Gasteiger partial charge is 0.481 e. The number of nitrogens with one attached hydrogen (secondary N) is 4. The summed E-state index contributed by atoms with van der Waals surface area (Å²) in [4.78, 5) is 76.9. The van der Waals surface area contributed by atoms with Crippen LogP contribution in [0.15, 0.2) is 12.5 Å². The van der Waals surface area contributed by atoms with Crippen molar-refractivity contribution >= 4 is 35.6 Å². The van der Waals surface area contributed by atoms with Gasteiger partial charge < -0.3 is 42.6 Å². The van der Waals surface area contributed by atoms with E-state index >= 15 is 0 Å². The summed E-state index contributed by atoms with van der Waals surface area (Å²) in [7, 11) is 0. The van der Waals surface area contributed by atoms with E-state index in [4.69, 9.17) is 21.7 Å². The molecule has 4 atom stereocenters. The van der Waals surface area contributed by atoms with Gasteiger partial charge >= 0.3 is 11.9 Å². The van der Waals surface area contributed by atoms with Crippen molar-refractivity contribution in [1.82, 2.24) is 25.9 Å². The molecule has 0 spiro atoms. The molecule has 0 saturated carbocycles. The van der Waals surface area contributed by atoms with Crippen molar-refractivity contribution in [1.29, 1.82) is 0 Å². The standard InChI is InChI=1S/C17H25N7O8/c1-7(17(31)32)22-15(29)11(4-13(26)27)24-16(30)10(2-8-5-20-6-21-8)23-14(28)9(18)3-12(19)25/h5-7,9-11H,2-4,18H2,1H3,(H2,19,25)(H,20,21)(H,22,29)(H,23,28)(H,24,30)(H,26,27)(H,31,32). The first-order valence-corrected chi connectivity index (χ1v) is 9.27. The fraction of sp³-hybridized carbons (Fsp3) is 0.471. The number of aromatic amines is 1. The summed E-state index contributed by atoms with van der Waals surface area (Å²) in [5, 5.41) is 24.5. The fourth-order valence-corrected chi connectivity index (χ4v) is 2.45. The lowest BCUT2D eigenvalue weighted by atomic mass is 10.1. The minimum atomic E-state index is -1.64. The van der Waals surface area contributed by atoms with Crippen LogP contribution in [0.2, 0.25) is 0 Å². The highest BCUT2D eigenvalue weighted by Gasteiger charge is 2.31. The van der Waals surface area contributed by atoms with Gasteiger partial charge in [0.05, 0.1) is 25.2 Å². The second-order valence-corrected chi connectivity index (χ2v) is 6.85. The van der Waals surface area contributed by atoms with Crippen LogP contribution in [0.1, 0.15) is 25.5 Å². The number of rotatable bonds is 13. The van der Waals surface area contributed by atoms with E-state index in [1.807, 2.05) is 0 Å². The molecule has 4 unspecified atom stereocenters. The predicted octanol–water partition coefficient (Wildman–Crippen LogP) is -3.81. The van der Waals surface area contributed by atoms with Gasteiger partial charge in [-0.2, -0.15) is 0 Å². The topological polar surface area (TPSA) is 260 Å².